The van der Waals surface area contributed by atoms with Gasteiger partial charge in [0.1, 0.15) is 11.5 Å². The maximum absolute atomic E-state index is 6.30. The van der Waals surface area contributed by atoms with E-state index in [1.165, 1.54) is 163 Å². The fraction of sp³-hybridized carbons (Fsp3) is 0.487. The third kappa shape index (κ3) is 21.7. The molecule has 16 unspecified atom stereocenters. The Bertz CT molecular complexity index is 4610. The number of allylic oxidation sites excluding steroid dienone is 16. The van der Waals surface area contributed by atoms with E-state index in [2.05, 4.69) is 331 Å². The van der Waals surface area contributed by atoms with Gasteiger partial charge in [0.2, 0.25) is 0 Å². The number of hydrogen-bond acceptors (Lipinski definition) is 2. The molecule has 0 N–H and O–H groups in total. The summed E-state index contributed by atoms with van der Waals surface area (Å²) in [4.78, 5) is 0. The molecule has 6 heteroatoms. The van der Waals surface area contributed by atoms with Crippen LogP contribution in [0.5, 0.6) is 11.5 Å². The largest absolute Gasteiger partial charge is 4.00 e. The normalized spacial score (nSPS) is 25.7. The molecule has 0 radical (unpaired) electrons. The van der Waals surface area contributed by atoms with E-state index in [9.17, 15) is 0 Å². The molecule has 664 valence electrons. The van der Waals surface area contributed by atoms with Crippen molar-refractivity contribution in [3.63, 3.8) is 0 Å². The molecule has 2 nitrogen and oxygen atoms in total. The van der Waals surface area contributed by atoms with Crippen LogP contribution in [-0.2, 0) is 73.7 Å². The van der Waals surface area contributed by atoms with E-state index in [0.29, 0.717) is 53.3 Å². The van der Waals surface area contributed by atoms with Crippen molar-refractivity contribution >= 4 is 38.4 Å². The number of methoxy groups -OCH3 is 2. The van der Waals surface area contributed by atoms with Gasteiger partial charge in [0.25, 0.3) is 0 Å². The first-order chi connectivity index (χ1) is 53.8. The van der Waals surface area contributed by atoms with Gasteiger partial charge in [0.05, 0.1) is 30.4 Å². The molecule has 6 aromatic rings. The molecule has 9 aliphatic carbocycles. The molecule has 16 atom stereocenters. The van der Waals surface area contributed by atoms with E-state index >= 15 is 0 Å². The molecule has 0 amide bonds. The first kappa shape index (κ1) is 110. The Labute approximate surface area is 798 Å². The quantitative estimate of drug-likeness (QED) is 0.0431. The van der Waals surface area contributed by atoms with Crippen molar-refractivity contribution in [2.45, 2.75) is 277 Å². The van der Waals surface area contributed by atoms with E-state index < -0.39 is 16.1 Å². The van der Waals surface area contributed by atoms with Crippen LogP contribution in [0.15, 0.2) is 205 Å². The molecule has 5 fully saturated rings. The summed E-state index contributed by atoms with van der Waals surface area (Å²) in [5.74, 6) is 10.0. The van der Waals surface area contributed by atoms with Crippen LogP contribution in [0.4, 0.5) is 0 Å². The molecule has 0 aliphatic heterocycles. The summed E-state index contributed by atoms with van der Waals surface area (Å²) in [5, 5.41) is 0. The Kier molecular flexibility index (Phi) is 40.0. The summed E-state index contributed by atoms with van der Waals surface area (Å²) in [6, 6.07) is 50.9. The zero-order valence-corrected chi connectivity index (χ0v) is 91.2. The standard InChI is InChI=1S/C55H72OSi.C54H72OSi.8CH3.Hf.Zr/c1-12-13-21-38-32-45-43(42-26-18-17-25-40(42)36-22-15-14-16-23-36)28-20-29-44(45)53(38)57(10,11)52-35(2)30-46-47(52)31-37-24-19-27-41(37)50(46)39-33-48(54(3,4)5)51(56-9)49(34-39)55(6,7)8;1-12-13-14-16-25-38-33-47-43(42-27-20-19-26-40(42)37-23-17-15-18-24-37)29-22-31-45(47)52(38)56(10,11)51-36(2)32-46-41(28-21-30-44(46)51)39-34-48(53(3,4)5)50(55-9)49(35-39)54(6,7)8;;;;;;;;;;/h14-18,20,22-23,25-26,28-29,31,33-35,38,44-47,52-53H,12-13,19,21,24,27,30,32H2,1-11H3;15,17-24,26-31,34-36,38,44-47,51-52H,12-14,16,25,32-33H2,1-11H3;8*1H3;;/q;;8*-1;2*+4. The molecule has 0 saturated heterocycles. The van der Waals surface area contributed by atoms with Gasteiger partial charge in [-0.05, 0) is 262 Å². The monoisotopic (exact) mass is 1930 g/mol. The van der Waals surface area contributed by atoms with E-state index in [0.717, 1.165) is 51.4 Å². The van der Waals surface area contributed by atoms with Gasteiger partial charge in [-0.15, -0.1) is 0 Å². The zero-order chi connectivity index (χ0) is 80.4. The molecular formula is C117H168HfO2Si2Zr. The average molecular weight is 1930 g/mol. The van der Waals surface area contributed by atoms with Gasteiger partial charge in [-0.3, -0.25) is 0 Å². The van der Waals surface area contributed by atoms with Gasteiger partial charge in [0.15, 0.2) is 0 Å². The number of unbranched alkanes of at least 4 members (excludes halogenated alkanes) is 4. The molecule has 6 aromatic carbocycles. The number of rotatable bonds is 20. The first-order valence-corrected chi connectivity index (χ1v) is 51.5. The van der Waals surface area contributed by atoms with Gasteiger partial charge in [-0.25, -0.2) is 0 Å². The Morgan fingerprint density at radius 1 is 0.374 bits per heavy atom. The van der Waals surface area contributed by atoms with Gasteiger partial charge in [0, 0.05) is 22.3 Å². The van der Waals surface area contributed by atoms with Gasteiger partial charge < -0.3 is 68.9 Å². The zero-order valence-electron chi connectivity index (χ0n) is 83.1. The number of hydrogen-bond donors (Lipinski definition) is 0. The maximum Gasteiger partial charge on any atom is 4.00 e. The summed E-state index contributed by atoms with van der Waals surface area (Å²) in [5.41, 5.74) is 29.6. The molecule has 15 rings (SSSR count). The van der Waals surface area contributed by atoms with E-state index in [1.807, 2.05) is 14.2 Å². The number of ether oxygens (including phenoxy) is 2. The summed E-state index contributed by atoms with van der Waals surface area (Å²) in [7, 11) is 0.0119. The third-order valence-electron chi connectivity index (χ3n) is 30.4. The maximum atomic E-state index is 6.30. The van der Waals surface area contributed by atoms with Crippen molar-refractivity contribution in [2.75, 3.05) is 14.2 Å². The minimum Gasteiger partial charge on any atom is -0.496 e. The van der Waals surface area contributed by atoms with Crippen LogP contribution in [0.2, 0.25) is 48.4 Å². The van der Waals surface area contributed by atoms with E-state index in [4.69, 9.17) is 9.47 Å². The Hall–Kier alpha value is -4.97. The Morgan fingerprint density at radius 3 is 1.12 bits per heavy atom. The van der Waals surface area contributed by atoms with Crippen molar-refractivity contribution in [2.24, 2.45) is 71.0 Å². The van der Waals surface area contributed by atoms with Crippen LogP contribution in [0, 0.1) is 130 Å². The smallest absolute Gasteiger partial charge is 0.496 e. The van der Waals surface area contributed by atoms with Crippen LogP contribution in [-0.4, -0.2) is 30.4 Å². The predicted octanol–water partition coefficient (Wildman–Crippen LogP) is 34.8. The molecular weight excluding hydrogens is 1760 g/mol. The van der Waals surface area contributed by atoms with Crippen molar-refractivity contribution < 1.29 is 61.5 Å². The first-order valence-electron chi connectivity index (χ1n) is 45.2. The molecule has 9 aliphatic rings. The minimum atomic E-state index is -1.87. The average Bonchev–Trinajstić information content (AvgIpc) is 1.55. The number of benzene rings is 6. The van der Waals surface area contributed by atoms with Crippen molar-refractivity contribution in [3.05, 3.63) is 309 Å². The fourth-order valence-electron chi connectivity index (χ4n) is 26.0. The fourth-order valence-corrected chi connectivity index (χ4v) is 38.5. The molecule has 0 spiro atoms. The molecule has 5 saturated carbocycles. The van der Waals surface area contributed by atoms with Crippen molar-refractivity contribution in [1.29, 1.82) is 0 Å². The van der Waals surface area contributed by atoms with Crippen LogP contribution >= 0.6 is 0 Å². The Morgan fingerprint density at radius 2 is 0.724 bits per heavy atom. The molecule has 0 aromatic heterocycles. The van der Waals surface area contributed by atoms with Crippen LogP contribution in [0.25, 0.3) is 44.5 Å². The predicted molar refractivity (Wildman–Crippen MR) is 546 cm³/mol. The second-order valence-electron chi connectivity index (χ2n) is 42.4. The van der Waals surface area contributed by atoms with Crippen LogP contribution in [0.3, 0.4) is 0 Å². The van der Waals surface area contributed by atoms with Gasteiger partial charge in [-0.2, -0.15) is 0 Å². The Balaban J connectivity index is 0.000000478. The third-order valence-corrected chi connectivity index (χ3v) is 40.9. The summed E-state index contributed by atoms with van der Waals surface area (Å²) >= 11 is 0. The SMILES string of the molecule is CCCCC1CC2C(c3ccccc3-c3ccccc3)=CC=CC2C1[Si](C)(C)C1C(C)CC2C(c3cc(C(C)(C)C)c(OC)c(C(C)(C)C)c3)=C3CCCC3=CC21.CCCCCCC1CC2C(c3ccccc3-c3ccccc3)=CC=CC2C1[Si](C)(C)C1C(C)CC2C(c3cc(C(C)(C)C)c(OC)c(C(C)(C)C)c3)=CC=CC21.[CH3-].[CH3-].[CH3-].[CH3-].[CH3-].[CH3-].[CH3-].[CH3-].[Hf+4].[Zr+4]. The minimum absolute atomic E-state index is 0. The van der Waals surface area contributed by atoms with Gasteiger partial charge >= 0.3 is 52.0 Å². The number of fused-ring (bicyclic) bond motifs is 5. The second-order valence-corrected chi connectivity index (χ2v) is 52.3. The summed E-state index contributed by atoms with van der Waals surface area (Å²) < 4.78 is 12.5. The van der Waals surface area contributed by atoms with E-state index in [-0.39, 0.29) is 133 Å². The summed E-state index contributed by atoms with van der Waals surface area (Å²) in [6.45, 7) is 49.8. The van der Waals surface area contributed by atoms with Gasteiger partial charge in [-0.1, -0.05) is 358 Å². The second kappa shape index (κ2) is 44.6. The summed E-state index contributed by atoms with van der Waals surface area (Å²) in [6.07, 6.45) is 45.7. The van der Waals surface area contributed by atoms with Crippen LogP contribution < -0.4 is 9.47 Å². The molecule has 0 bridgehead atoms. The van der Waals surface area contributed by atoms with E-state index in [1.54, 1.807) is 33.4 Å². The van der Waals surface area contributed by atoms with Crippen molar-refractivity contribution in [3.8, 4) is 33.8 Å². The van der Waals surface area contributed by atoms with Crippen molar-refractivity contribution in [1.82, 2.24) is 0 Å². The van der Waals surface area contributed by atoms with Crippen LogP contribution in [0.1, 0.15) is 252 Å². The molecule has 123 heavy (non-hydrogen) atoms. The molecule has 0 heterocycles. The topological polar surface area (TPSA) is 18.5 Å².